The van der Waals surface area contributed by atoms with Crippen molar-refractivity contribution in [2.45, 2.75) is 70.5 Å². The van der Waals surface area contributed by atoms with Gasteiger partial charge in [0.15, 0.2) is 0 Å². The molecule has 0 spiro atoms. The van der Waals surface area contributed by atoms with Crippen LogP contribution in [-0.2, 0) is 0 Å². The van der Waals surface area contributed by atoms with Crippen molar-refractivity contribution in [3.8, 4) is 0 Å². The van der Waals surface area contributed by atoms with E-state index in [1.165, 1.54) is 32.1 Å². The van der Waals surface area contributed by atoms with Crippen molar-refractivity contribution in [1.29, 1.82) is 0 Å². The Bertz CT molecular complexity index is 348. The Morgan fingerprint density at radius 2 is 2.26 bits per heavy atom. The van der Waals surface area contributed by atoms with Crippen LogP contribution in [-0.4, -0.2) is 23.5 Å². The summed E-state index contributed by atoms with van der Waals surface area (Å²) >= 11 is 0. The summed E-state index contributed by atoms with van der Waals surface area (Å²) in [6.07, 6.45) is 9.22. The molecule has 1 aromatic rings. The van der Waals surface area contributed by atoms with Gasteiger partial charge in [0.2, 0.25) is 0 Å². The fourth-order valence-corrected chi connectivity index (χ4v) is 3.34. The summed E-state index contributed by atoms with van der Waals surface area (Å²) in [5.41, 5.74) is 6.40. The van der Waals surface area contributed by atoms with E-state index in [0.29, 0.717) is 6.04 Å². The number of nitrogens with zero attached hydrogens (tertiary/aromatic N) is 1. The molecule has 1 saturated heterocycles. The number of piperidine rings is 1. The van der Waals surface area contributed by atoms with Crippen LogP contribution in [0.2, 0.25) is 0 Å². The molecule has 3 heteroatoms. The zero-order chi connectivity index (χ0) is 13.7. The summed E-state index contributed by atoms with van der Waals surface area (Å²) in [7, 11) is 0. The maximum atomic E-state index is 6.40. The van der Waals surface area contributed by atoms with Crippen molar-refractivity contribution < 1.29 is 4.42 Å². The van der Waals surface area contributed by atoms with Crippen molar-refractivity contribution in [2.24, 2.45) is 5.73 Å². The lowest BCUT2D eigenvalue weighted by molar-refractivity contribution is 0.0609. The minimum Gasteiger partial charge on any atom is -0.468 e. The summed E-state index contributed by atoms with van der Waals surface area (Å²) < 4.78 is 5.68. The van der Waals surface area contributed by atoms with Crippen molar-refractivity contribution in [3.05, 3.63) is 24.2 Å². The van der Waals surface area contributed by atoms with Gasteiger partial charge >= 0.3 is 0 Å². The van der Waals surface area contributed by atoms with Gasteiger partial charge in [-0.1, -0.05) is 26.7 Å². The number of rotatable bonds is 6. The van der Waals surface area contributed by atoms with E-state index in [1.807, 2.05) is 6.07 Å². The summed E-state index contributed by atoms with van der Waals surface area (Å²) in [6, 6.07) is 5.13. The summed E-state index contributed by atoms with van der Waals surface area (Å²) in [5.74, 6) is 1.04. The van der Waals surface area contributed by atoms with Crippen LogP contribution in [0.25, 0.3) is 0 Å². The Morgan fingerprint density at radius 1 is 1.42 bits per heavy atom. The molecule has 0 bridgehead atoms. The van der Waals surface area contributed by atoms with E-state index in [9.17, 15) is 0 Å². The zero-order valence-electron chi connectivity index (χ0n) is 12.3. The van der Waals surface area contributed by atoms with E-state index in [2.05, 4.69) is 24.8 Å². The van der Waals surface area contributed by atoms with Gasteiger partial charge in [-0.15, -0.1) is 0 Å². The highest BCUT2D eigenvalue weighted by Crippen LogP contribution is 2.33. The minimum absolute atomic E-state index is 0.156. The lowest BCUT2D eigenvalue weighted by Crippen LogP contribution is -2.48. The van der Waals surface area contributed by atoms with Gasteiger partial charge in [0.05, 0.1) is 12.3 Å². The van der Waals surface area contributed by atoms with E-state index < -0.39 is 0 Å². The number of hydrogen-bond donors (Lipinski definition) is 1. The Morgan fingerprint density at radius 3 is 2.89 bits per heavy atom. The Kier molecular flexibility index (Phi) is 5.46. The highest BCUT2D eigenvalue weighted by Gasteiger charge is 2.33. The normalized spacial score (nSPS) is 24.3. The molecule has 0 aromatic carbocycles. The lowest BCUT2D eigenvalue weighted by Gasteiger charge is -2.42. The van der Waals surface area contributed by atoms with Gasteiger partial charge in [0.25, 0.3) is 0 Å². The van der Waals surface area contributed by atoms with E-state index >= 15 is 0 Å². The fraction of sp³-hybridized carbons (Fsp3) is 0.750. The average Bonchev–Trinajstić information content (AvgIpc) is 2.95. The lowest BCUT2D eigenvalue weighted by atomic mass is 9.92. The van der Waals surface area contributed by atoms with Crippen LogP contribution in [0.1, 0.15) is 64.2 Å². The van der Waals surface area contributed by atoms with Gasteiger partial charge in [-0.3, -0.25) is 4.90 Å². The molecular formula is C16H28N2O. The maximum Gasteiger partial charge on any atom is 0.122 e. The highest BCUT2D eigenvalue weighted by atomic mass is 16.3. The Balaban J connectivity index is 2.20. The quantitative estimate of drug-likeness (QED) is 0.851. The third-order valence-electron chi connectivity index (χ3n) is 4.36. The van der Waals surface area contributed by atoms with Gasteiger partial charge in [0.1, 0.15) is 5.76 Å². The molecule has 3 unspecified atom stereocenters. The molecule has 1 aromatic heterocycles. The third kappa shape index (κ3) is 3.40. The molecule has 2 N–H and O–H groups in total. The smallest absolute Gasteiger partial charge is 0.122 e. The molecule has 2 rings (SSSR count). The Labute approximate surface area is 117 Å². The molecule has 1 aliphatic heterocycles. The third-order valence-corrected chi connectivity index (χ3v) is 4.36. The SMILES string of the molecule is CCCC1CCCCN1C(c1ccco1)C(N)CC. The molecule has 2 heterocycles. The largest absolute Gasteiger partial charge is 0.468 e. The number of furan rings is 1. The molecule has 0 amide bonds. The van der Waals surface area contributed by atoms with Gasteiger partial charge in [-0.25, -0.2) is 0 Å². The molecule has 108 valence electrons. The molecule has 19 heavy (non-hydrogen) atoms. The minimum atomic E-state index is 0.156. The van der Waals surface area contributed by atoms with Crippen LogP contribution >= 0.6 is 0 Å². The molecule has 0 radical (unpaired) electrons. The summed E-state index contributed by atoms with van der Waals surface area (Å²) in [5, 5.41) is 0. The van der Waals surface area contributed by atoms with Crippen molar-refractivity contribution in [1.82, 2.24) is 4.90 Å². The standard InChI is InChI=1S/C16H28N2O/c1-3-8-13-9-5-6-11-18(13)16(14(17)4-2)15-10-7-12-19-15/h7,10,12-14,16H,3-6,8-9,11,17H2,1-2H3. The van der Waals surface area contributed by atoms with Gasteiger partial charge < -0.3 is 10.2 Å². The molecular weight excluding hydrogens is 236 g/mol. The van der Waals surface area contributed by atoms with Crippen molar-refractivity contribution in [2.75, 3.05) is 6.54 Å². The molecule has 3 atom stereocenters. The Hall–Kier alpha value is -0.800. The molecule has 0 aliphatic carbocycles. The molecule has 0 saturated carbocycles. The first kappa shape index (κ1) is 14.6. The second-order valence-corrected chi connectivity index (χ2v) is 5.71. The second kappa shape index (κ2) is 7.11. The molecule has 3 nitrogen and oxygen atoms in total. The summed E-state index contributed by atoms with van der Waals surface area (Å²) in [6.45, 7) is 5.59. The highest BCUT2D eigenvalue weighted by molar-refractivity contribution is 5.09. The van der Waals surface area contributed by atoms with Gasteiger partial charge in [-0.05, 0) is 44.4 Å². The fourth-order valence-electron chi connectivity index (χ4n) is 3.34. The van der Waals surface area contributed by atoms with Crippen molar-refractivity contribution >= 4 is 0 Å². The van der Waals surface area contributed by atoms with Gasteiger partial charge in [-0.2, -0.15) is 0 Å². The molecule has 1 aliphatic rings. The first-order valence-electron chi connectivity index (χ1n) is 7.82. The average molecular weight is 264 g/mol. The second-order valence-electron chi connectivity index (χ2n) is 5.71. The summed E-state index contributed by atoms with van der Waals surface area (Å²) in [4.78, 5) is 2.61. The van der Waals surface area contributed by atoms with Crippen molar-refractivity contribution in [3.63, 3.8) is 0 Å². The van der Waals surface area contributed by atoms with Gasteiger partial charge in [0, 0.05) is 12.1 Å². The van der Waals surface area contributed by atoms with E-state index in [1.54, 1.807) is 6.26 Å². The monoisotopic (exact) mass is 264 g/mol. The van der Waals surface area contributed by atoms with Crippen LogP contribution in [0.4, 0.5) is 0 Å². The van der Waals surface area contributed by atoms with E-state index in [0.717, 1.165) is 18.7 Å². The first-order chi connectivity index (χ1) is 9.27. The number of likely N-dealkylation sites (tertiary alicyclic amines) is 1. The van der Waals surface area contributed by atoms with E-state index in [4.69, 9.17) is 10.2 Å². The van der Waals surface area contributed by atoms with Crippen LogP contribution in [0.3, 0.4) is 0 Å². The first-order valence-corrected chi connectivity index (χ1v) is 7.82. The number of hydrogen-bond acceptors (Lipinski definition) is 3. The van der Waals surface area contributed by atoms with Crippen LogP contribution in [0.5, 0.6) is 0 Å². The topological polar surface area (TPSA) is 42.4 Å². The maximum absolute atomic E-state index is 6.40. The van der Waals surface area contributed by atoms with Crippen LogP contribution < -0.4 is 5.73 Å². The predicted octanol–water partition coefficient (Wildman–Crippen LogP) is 3.71. The predicted molar refractivity (Wildman–Crippen MR) is 79.0 cm³/mol. The van der Waals surface area contributed by atoms with Crippen LogP contribution in [0, 0.1) is 0 Å². The van der Waals surface area contributed by atoms with E-state index in [-0.39, 0.29) is 12.1 Å². The molecule has 1 fully saturated rings. The zero-order valence-corrected chi connectivity index (χ0v) is 12.3. The van der Waals surface area contributed by atoms with Crippen LogP contribution in [0.15, 0.2) is 22.8 Å². The number of nitrogens with two attached hydrogens (primary N) is 1.